The molecule has 0 aliphatic carbocycles. The summed E-state index contributed by atoms with van der Waals surface area (Å²) in [6.07, 6.45) is 11.1. The van der Waals surface area contributed by atoms with Crippen LogP contribution in [-0.2, 0) is 48.0 Å². The van der Waals surface area contributed by atoms with Crippen LogP contribution in [0.4, 0.5) is 17.1 Å². The van der Waals surface area contributed by atoms with Gasteiger partial charge in [0.2, 0.25) is 35.4 Å². The fourth-order valence-electron chi connectivity index (χ4n) is 11.6. The second kappa shape index (κ2) is 32.3. The van der Waals surface area contributed by atoms with Crippen molar-refractivity contribution < 1.29 is 28.8 Å². The SMILES string of the molecule is NCCCC[C@H](NC(=O)[C@H](N)Cc1c[nH]c2ccccc12)C(=O)Nc1ccc(C(c2ccc(NC(=O)[C@@H](CCCCN)NC(=O)[C@H](N)Cc3c[nH]c4ccccc34)cc2)c2ccc(NC(=O)[C@@H](CCCCN)NC(=O)[C@H](N)Cc3c[nH]c4ccccc34)cc2)cc1. The van der Waals surface area contributed by atoms with Crippen LogP contribution < -0.4 is 66.3 Å². The molecule has 6 amide bonds. The standard InChI is InChI=1S/C70H85N15O6/c71-34-10-7-19-61(83-65(86)55(74)37-46-40-77-58-16-4-1-13-52(46)58)68(89)80-49-28-22-43(23-29-49)64(44-24-30-50(31-25-44)81-69(90)62(20-8-11-35-72)84-66(87)56(75)38-47-41-78-59-17-5-2-14-53(47)59)45-26-32-51(33-27-45)82-70(91)63(21-9-12-36-73)85-67(88)57(76)39-48-42-79-60-18-6-3-15-54(48)60/h1-6,13-18,22-33,40-42,55-57,61-64,77-79H,7-12,19-21,34-39,71-76H2,(H,80,89)(H,81,90)(H,82,91)(H,83,86)(H,84,87)(H,85,88)/t55-,56-,57-,61-,62-,63+/m1/s1. The number of hydrogen-bond acceptors (Lipinski definition) is 12. The molecule has 9 rings (SSSR count). The molecule has 91 heavy (non-hydrogen) atoms. The van der Waals surface area contributed by atoms with Crippen molar-refractivity contribution in [3.63, 3.8) is 0 Å². The van der Waals surface area contributed by atoms with Gasteiger partial charge in [-0.3, -0.25) is 28.8 Å². The van der Waals surface area contributed by atoms with Crippen LogP contribution in [-0.4, -0.2) is 106 Å². The molecule has 0 fully saturated rings. The van der Waals surface area contributed by atoms with Crippen molar-refractivity contribution in [2.45, 2.75) is 119 Å². The minimum Gasteiger partial charge on any atom is -0.361 e. The number of carbonyl (C=O) groups is 6. The summed E-state index contributed by atoms with van der Waals surface area (Å²) in [5.41, 5.74) is 46.4. The summed E-state index contributed by atoms with van der Waals surface area (Å²) in [5.74, 6) is -3.01. The van der Waals surface area contributed by atoms with Crippen molar-refractivity contribution in [1.82, 2.24) is 30.9 Å². The van der Waals surface area contributed by atoms with E-state index in [0.717, 1.165) is 66.1 Å². The Hall–Kier alpha value is -9.48. The molecule has 6 atom stereocenters. The molecule has 0 bridgehead atoms. The first-order chi connectivity index (χ1) is 44.2. The quantitative estimate of drug-likeness (QED) is 0.0151. The number of aromatic amines is 3. The average Bonchev–Trinajstić information content (AvgIpc) is 1.26. The van der Waals surface area contributed by atoms with Gasteiger partial charge in [-0.25, -0.2) is 0 Å². The largest absolute Gasteiger partial charge is 0.361 e. The number of para-hydroxylation sites is 3. The van der Waals surface area contributed by atoms with E-state index in [1.54, 1.807) is 36.4 Å². The highest BCUT2D eigenvalue weighted by Gasteiger charge is 2.29. The maximum atomic E-state index is 14.1. The monoisotopic (exact) mass is 1230 g/mol. The minimum absolute atomic E-state index is 0.267. The smallest absolute Gasteiger partial charge is 0.246 e. The number of nitrogens with two attached hydrogens (primary N) is 6. The molecule has 0 spiro atoms. The number of nitrogens with one attached hydrogen (secondary N) is 9. The molecular weight excluding hydrogens is 1150 g/mol. The third-order valence-electron chi connectivity index (χ3n) is 16.6. The first-order valence-corrected chi connectivity index (χ1v) is 31.4. The minimum atomic E-state index is -0.915. The topological polar surface area (TPSA) is 378 Å². The molecular formula is C70H85N15O6. The summed E-state index contributed by atoms with van der Waals surface area (Å²) in [7, 11) is 0. The van der Waals surface area contributed by atoms with Gasteiger partial charge in [-0.05, 0) is 185 Å². The Morgan fingerprint density at radius 3 is 0.868 bits per heavy atom. The van der Waals surface area contributed by atoms with E-state index in [0.29, 0.717) is 94.5 Å². The third-order valence-corrected chi connectivity index (χ3v) is 16.6. The fourth-order valence-corrected chi connectivity index (χ4v) is 11.6. The highest BCUT2D eigenvalue weighted by Crippen LogP contribution is 2.35. The zero-order valence-electron chi connectivity index (χ0n) is 51.2. The van der Waals surface area contributed by atoms with E-state index in [1.807, 2.05) is 128 Å². The number of unbranched alkanes of at least 4 members (excludes halogenated alkanes) is 3. The maximum Gasteiger partial charge on any atom is 0.246 e. The molecule has 0 aliphatic rings. The molecule has 3 aromatic heterocycles. The Labute approximate surface area is 529 Å². The second-order valence-corrected chi connectivity index (χ2v) is 23.3. The number of fused-ring (bicyclic) bond motifs is 3. The number of rotatable bonds is 33. The molecule has 3 heterocycles. The van der Waals surface area contributed by atoms with Crippen molar-refractivity contribution in [1.29, 1.82) is 0 Å². The molecule has 21 N–H and O–H groups in total. The molecule has 476 valence electrons. The molecule has 6 aromatic carbocycles. The van der Waals surface area contributed by atoms with Crippen LogP contribution in [0.25, 0.3) is 32.7 Å². The lowest BCUT2D eigenvalue weighted by atomic mass is 9.85. The molecule has 0 aliphatic heterocycles. The molecule has 0 saturated heterocycles. The summed E-state index contributed by atoms with van der Waals surface area (Å²) in [5, 5.41) is 20.7. The number of hydrogen-bond donors (Lipinski definition) is 15. The van der Waals surface area contributed by atoms with Gasteiger partial charge in [0, 0.05) is 74.3 Å². The Balaban J connectivity index is 0.921. The molecule has 0 saturated carbocycles. The maximum absolute atomic E-state index is 14.1. The lowest BCUT2D eigenvalue weighted by Crippen LogP contribution is -2.50. The summed E-state index contributed by atoms with van der Waals surface area (Å²) in [6, 6.07) is 40.1. The van der Waals surface area contributed by atoms with E-state index < -0.39 is 77.6 Å². The molecule has 9 aromatic rings. The van der Waals surface area contributed by atoms with Gasteiger partial charge in [0.15, 0.2) is 0 Å². The van der Waals surface area contributed by atoms with E-state index in [-0.39, 0.29) is 19.3 Å². The van der Waals surface area contributed by atoms with Crippen LogP contribution in [0.5, 0.6) is 0 Å². The van der Waals surface area contributed by atoms with Crippen LogP contribution in [0.15, 0.2) is 164 Å². The molecule has 0 unspecified atom stereocenters. The zero-order chi connectivity index (χ0) is 64.2. The van der Waals surface area contributed by atoms with Crippen molar-refractivity contribution in [2.75, 3.05) is 35.6 Å². The van der Waals surface area contributed by atoms with Gasteiger partial charge < -0.3 is 81.3 Å². The predicted octanol–water partition coefficient (Wildman–Crippen LogP) is 6.68. The Morgan fingerprint density at radius 1 is 0.341 bits per heavy atom. The van der Waals surface area contributed by atoms with Crippen LogP contribution in [0, 0.1) is 0 Å². The number of carbonyl (C=O) groups excluding carboxylic acids is 6. The van der Waals surface area contributed by atoms with Gasteiger partial charge in [0.1, 0.15) is 18.1 Å². The molecule has 21 nitrogen and oxygen atoms in total. The van der Waals surface area contributed by atoms with Gasteiger partial charge in [-0.1, -0.05) is 91.0 Å². The lowest BCUT2D eigenvalue weighted by Gasteiger charge is -2.23. The number of benzene rings is 6. The number of amides is 6. The highest BCUT2D eigenvalue weighted by molar-refractivity contribution is 6.00. The zero-order valence-corrected chi connectivity index (χ0v) is 51.2. The first-order valence-electron chi connectivity index (χ1n) is 31.4. The van der Waals surface area contributed by atoms with Gasteiger partial charge in [0.05, 0.1) is 18.1 Å². The van der Waals surface area contributed by atoms with Crippen molar-refractivity contribution in [3.8, 4) is 0 Å². The van der Waals surface area contributed by atoms with Gasteiger partial charge in [-0.15, -0.1) is 0 Å². The van der Waals surface area contributed by atoms with Crippen LogP contribution in [0.3, 0.4) is 0 Å². The molecule has 0 radical (unpaired) electrons. The number of H-pyrrole nitrogens is 3. The van der Waals surface area contributed by atoms with Crippen molar-refractivity contribution in [3.05, 3.63) is 198 Å². The Bertz CT molecular complexity index is 3480. The highest BCUT2D eigenvalue weighted by atomic mass is 16.2. The predicted molar refractivity (Wildman–Crippen MR) is 361 cm³/mol. The van der Waals surface area contributed by atoms with Crippen LogP contribution in [0.2, 0.25) is 0 Å². The van der Waals surface area contributed by atoms with E-state index in [2.05, 4.69) is 46.9 Å². The van der Waals surface area contributed by atoms with E-state index in [4.69, 9.17) is 34.4 Å². The Morgan fingerprint density at radius 2 is 0.604 bits per heavy atom. The second-order valence-electron chi connectivity index (χ2n) is 23.3. The average molecular weight is 1230 g/mol. The fraction of sp³-hybridized carbons (Fsp3) is 0.314. The number of aromatic nitrogens is 3. The lowest BCUT2D eigenvalue weighted by molar-refractivity contribution is -0.127. The number of anilines is 3. The summed E-state index contributed by atoms with van der Waals surface area (Å²) in [6.45, 7) is 1.29. The normalized spacial score (nSPS) is 13.5. The van der Waals surface area contributed by atoms with Crippen LogP contribution in [0.1, 0.15) is 97.1 Å². The van der Waals surface area contributed by atoms with Crippen molar-refractivity contribution in [2.24, 2.45) is 34.4 Å². The van der Waals surface area contributed by atoms with Gasteiger partial charge in [-0.2, -0.15) is 0 Å². The summed E-state index contributed by atoms with van der Waals surface area (Å²) >= 11 is 0. The first kappa shape index (κ1) is 66.0. The molecule has 21 heteroatoms. The van der Waals surface area contributed by atoms with E-state index in [1.165, 1.54) is 0 Å². The summed E-state index contributed by atoms with van der Waals surface area (Å²) < 4.78 is 0. The third kappa shape index (κ3) is 17.7. The van der Waals surface area contributed by atoms with Crippen molar-refractivity contribution >= 4 is 85.2 Å². The van der Waals surface area contributed by atoms with Crippen LogP contribution >= 0.6 is 0 Å². The van der Waals surface area contributed by atoms with E-state index in [9.17, 15) is 28.8 Å². The summed E-state index contributed by atoms with van der Waals surface area (Å²) in [4.78, 5) is 92.8. The van der Waals surface area contributed by atoms with E-state index >= 15 is 0 Å². The Kier molecular flexibility index (Phi) is 23.4. The van der Waals surface area contributed by atoms with Gasteiger partial charge >= 0.3 is 0 Å². The van der Waals surface area contributed by atoms with Gasteiger partial charge in [0.25, 0.3) is 0 Å².